The van der Waals surface area contributed by atoms with Crippen molar-refractivity contribution in [2.24, 2.45) is 0 Å². The fourth-order valence-corrected chi connectivity index (χ4v) is 5.11. The van der Waals surface area contributed by atoms with E-state index >= 15 is 0 Å². The lowest BCUT2D eigenvalue weighted by molar-refractivity contribution is -0.116. The summed E-state index contributed by atoms with van der Waals surface area (Å²) in [5.41, 5.74) is 2.81. The number of nitrogens with one attached hydrogen (secondary N) is 1. The number of hydrogen-bond acceptors (Lipinski definition) is 4. The molecule has 3 rings (SSSR count). The number of benzene rings is 2. The van der Waals surface area contributed by atoms with Crippen LogP contribution in [0.15, 0.2) is 69.2 Å². The Morgan fingerprint density at radius 1 is 0.933 bits per heavy atom. The highest BCUT2D eigenvalue weighted by atomic mass is 32.2. The topological polar surface area (TPSA) is 85.2 Å². The van der Waals surface area contributed by atoms with Gasteiger partial charge in [-0.15, -0.1) is 0 Å². The molecule has 3 aromatic rings. The van der Waals surface area contributed by atoms with Gasteiger partial charge in [-0.1, -0.05) is 24.3 Å². The number of pyridine rings is 1. The highest BCUT2D eigenvalue weighted by molar-refractivity contribution is 7.91. The second-order valence-electron chi connectivity index (χ2n) is 7.43. The van der Waals surface area contributed by atoms with Gasteiger partial charge in [-0.3, -0.25) is 9.59 Å². The molecule has 0 fully saturated rings. The Morgan fingerprint density at radius 2 is 1.53 bits per heavy atom. The summed E-state index contributed by atoms with van der Waals surface area (Å²) in [6, 6.07) is 15.1. The van der Waals surface area contributed by atoms with Gasteiger partial charge in [-0.05, 0) is 74.7 Å². The molecule has 0 atom stereocenters. The molecule has 6 nitrogen and oxygen atoms in total. The summed E-state index contributed by atoms with van der Waals surface area (Å²) in [7, 11) is -4.01. The first-order valence-electron chi connectivity index (χ1n) is 9.49. The van der Waals surface area contributed by atoms with Crippen LogP contribution >= 0.6 is 0 Å². The third-order valence-corrected chi connectivity index (χ3v) is 6.70. The van der Waals surface area contributed by atoms with Crippen LogP contribution in [0.1, 0.15) is 22.4 Å². The predicted octanol–water partition coefficient (Wildman–Crippen LogP) is 3.55. The Morgan fingerprint density at radius 3 is 2.13 bits per heavy atom. The Bertz CT molecular complexity index is 1260. The molecule has 0 bridgehead atoms. The number of aromatic nitrogens is 1. The van der Waals surface area contributed by atoms with E-state index in [1.54, 1.807) is 38.1 Å². The number of aryl methyl sites for hydroxylation is 4. The maximum Gasteiger partial charge on any atom is 0.270 e. The molecule has 0 aliphatic rings. The number of nitrogens with zero attached hydrogens (tertiary/aromatic N) is 1. The van der Waals surface area contributed by atoms with Crippen LogP contribution in [-0.2, 0) is 21.2 Å². The lowest BCUT2D eigenvalue weighted by Gasteiger charge is -2.15. The van der Waals surface area contributed by atoms with E-state index in [0.717, 1.165) is 11.1 Å². The van der Waals surface area contributed by atoms with Crippen molar-refractivity contribution >= 4 is 21.4 Å². The molecule has 1 N–H and O–H groups in total. The minimum Gasteiger partial charge on any atom is -0.325 e. The summed E-state index contributed by atoms with van der Waals surface area (Å²) in [5.74, 6) is -0.405. The lowest BCUT2D eigenvalue weighted by Crippen LogP contribution is -2.33. The first-order valence-corrected chi connectivity index (χ1v) is 11.0. The van der Waals surface area contributed by atoms with Crippen molar-refractivity contribution < 1.29 is 13.2 Å². The van der Waals surface area contributed by atoms with Gasteiger partial charge >= 0.3 is 0 Å². The van der Waals surface area contributed by atoms with Gasteiger partial charge in [0.1, 0.15) is 11.4 Å². The molecular weight excluding hydrogens is 400 g/mol. The van der Waals surface area contributed by atoms with Crippen LogP contribution in [0.2, 0.25) is 0 Å². The Kier molecular flexibility index (Phi) is 5.94. The van der Waals surface area contributed by atoms with Gasteiger partial charge in [0.25, 0.3) is 5.56 Å². The van der Waals surface area contributed by atoms with Gasteiger partial charge in [-0.25, -0.2) is 8.42 Å². The predicted molar refractivity (Wildman–Crippen MR) is 117 cm³/mol. The molecule has 30 heavy (non-hydrogen) atoms. The lowest BCUT2D eigenvalue weighted by atomic mass is 10.1. The van der Waals surface area contributed by atoms with Crippen molar-refractivity contribution in [1.29, 1.82) is 0 Å². The van der Waals surface area contributed by atoms with Gasteiger partial charge < -0.3 is 9.88 Å². The molecule has 2 aromatic carbocycles. The Balaban J connectivity index is 1.99. The Hall–Kier alpha value is -3.19. The molecule has 1 heterocycles. The van der Waals surface area contributed by atoms with Crippen LogP contribution in [0.3, 0.4) is 0 Å². The minimum atomic E-state index is -4.01. The molecule has 0 aliphatic heterocycles. The third-order valence-electron chi connectivity index (χ3n) is 4.78. The van der Waals surface area contributed by atoms with E-state index < -0.39 is 21.3 Å². The van der Waals surface area contributed by atoms with Crippen molar-refractivity contribution in [1.82, 2.24) is 4.57 Å². The molecule has 0 saturated heterocycles. The van der Waals surface area contributed by atoms with Crippen LogP contribution in [0.4, 0.5) is 5.69 Å². The quantitative estimate of drug-likeness (QED) is 0.679. The van der Waals surface area contributed by atoms with E-state index in [9.17, 15) is 18.0 Å². The van der Waals surface area contributed by atoms with Crippen molar-refractivity contribution in [3.8, 4) is 0 Å². The molecule has 1 aromatic heterocycles. The monoisotopic (exact) mass is 424 g/mol. The number of anilines is 1. The van der Waals surface area contributed by atoms with Crippen molar-refractivity contribution in [3.63, 3.8) is 0 Å². The minimum absolute atomic E-state index is 0.0419. The molecule has 0 spiro atoms. The third kappa shape index (κ3) is 4.36. The van der Waals surface area contributed by atoms with Crippen molar-refractivity contribution in [2.75, 3.05) is 5.32 Å². The van der Waals surface area contributed by atoms with Crippen molar-refractivity contribution in [3.05, 3.63) is 87.3 Å². The SMILES string of the molecule is Cc1cc(C)cc(NC(=O)Cn2c(C)cc(C)c(S(=O)(=O)c3ccccc3)c2=O)c1. The average molecular weight is 425 g/mol. The van der Waals surface area contributed by atoms with E-state index in [1.807, 2.05) is 32.0 Å². The molecule has 0 saturated carbocycles. The highest BCUT2D eigenvalue weighted by Crippen LogP contribution is 2.21. The van der Waals surface area contributed by atoms with Gasteiger partial charge in [0.15, 0.2) is 0 Å². The van der Waals surface area contributed by atoms with Gasteiger partial charge in [0.05, 0.1) is 4.90 Å². The fraction of sp³-hybridized carbons (Fsp3) is 0.217. The number of amides is 1. The zero-order valence-electron chi connectivity index (χ0n) is 17.4. The summed E-state index contributed by atoms with van der Waals surface area (Å²) in [4.78, 5) is 25.5. The van der Waals surface area contributed by atoms with E-state index in [-0.39, 0.29) is 16.3 Å². The van der Waals surface area contributed by atoms with Crippen LogP contribution in [-0.4, -0.2) is 18.9 Å². The number of carbonyl (C=O) groups excluding carboxylic acids is 1. The number of hydrogen-bond donors (Lipinski definition) is 1. The molecule has 0 unspecified atom stereocenters. The molecule has 0 radical (unpaired) electrons. The fourth-order valence-electron chi connectivity index (χ4n) is 3.54. The number of carbonyl (C=O) groups is 1. The van der Waals surface area contributed by atoms with Crippen LogP contribution in [0.5, 0.6) is 0 Å². The second kappa shape index (κ2) is 8.28. The van der Waals surface area contributed by atoms with E-state index in [4.69, 9.17) is 0 Å². The summed E-state index contributed by atoms with van der Waals surface area (Å²) in [6.45, 7) is 6.84. The van der Waals surface area contributed by atoms with Crippen LogP contribution < -0.4 is 10.9 Å². The molecule has 7 heteroatoms. The molecule has 1 amide bonds. The largest absolute Gasteiger partial charge is 0.325 e. The van der Waals surface area contributed by atoms with E-state index in [1.165, 1.54) is 16.7 Å². The van der Waals surface area contributed by atoms with Gasteiger partial charge in [0.2, 0.25) is 15.7 Å². The van der Waals surface area contributed by atoms with E-state index in [0.29, 0.717) is 16.9 Å². The van der Waals surface area contributed by atoms with Crippen LogP contribution in [0.25, 0.3) is 0 Å². The van der Waals surface area contributed by atoms with Gasteiger partial charge in [0, 0.05) is 11.4 Å². The van der Waals surface area contributed by atoms with Gasteiger partial charge in [-0.2, -0.15) is 0 Å². The number of sulfone groups is 1. The smallest absolute Gasteiger partial charge is 0.270 e. The second-order valence-corrected chi connectivity index (χ2v) is 9.32. The maximum atomic E-state index is 13.1. The first-order chi connectivity index (χ1) is 14.1. The summed E-state index contributed by atoms with van der Waals surface area (Å²) in [5, 5.41) is 2.78. The standard InChI is InChI=1S/C23H24N2O4S/c1-15-10-16(2)12-19(11-15)24-21(26)14-25-18(4)13-17(3)22(23(25)27)30(28,29)20-8-6-5-7-9-20/h5-13H,14H2,1-4H3,(H,24,26). The summed E-state index contributed by atoms with van der Waals surface area (Å²) in [6.07, 6.45) is 0. The normalized spacial score (nSPS) is 11.3. The first kappa shape index (κ1) is 21.5. The zero-order chi connectivity index (χ0) is 22.1. The average Bonchev–Trinajstić information content (AvgIpc) is 2.64. The van der Waals surface area contributed by atoms with E-state index in [2.05, 4.69) is 5.32 Å². The number of rotatable bonds is 5. The zero-order valence-corrected chi connectivity index (χ0v) is 18.2. The molecule has 0 aliphatic carbocycles. The molecule has 156 valence electrons. The summed E-state index contributed by atoms with van der Waals surface area (Å²) >= 11 is 0. The van der Waals surface area contributed by atoms with Crippen LogP contribution in [0, 0.1) is 27.7 Å². The summed E-state index contributed by atoms with van der Waals surface area (Å²) < 4.78 is 27.3. The maximum absolute atomic E-state index is 13.1. The van der Waals surface area contributed by atoms with Crippen molar-refractivity contribution in [2.45, 2.75) is 44.0 Å². The molecular formula is C23H24N2O4S. The highest BCUT2D eigenvalue weighted by Gasteiger charge is 2.26. The Labute approximate surface area is 176 Å².